The number of hydrogen-bond acceptors (Lipinski definition) is 2. The van der Waals surface area contributed by atoms with E-state index >= 15 is 0 Å². The van der Waals surface area contributed by atoms with E-state index in [2.05, 4.69) is 4.99 Å². The normalized spacial score (nSPS) is 12.3. The fraction of sp³-hybridized carbons (Fsp3) is 0.714. The maximum atomic E-state index is 9.80. The van der Waals surface area contributed by atoms with E-state index in [0.29, 0.717) is 6.42 Å². The van der Waals surface area contributed by atoms with Crippen LogP contribution in [0.25, 0.3) is 0 Å². The molecule has 0 aromatic carbocycles. The molecule has 0 N–H and O–H groups in total. The highest BCUT2D eigenvalue weighted by molar-refractivity contribution is 5.76. The van der Waals surface area contributed by atoms with E-state index in [1.807, 2.05) is 20.8 Å². The third-order valence-electron chi connectivity index (χ3n) is 0.680. The second kappa shape index (κ2) is 3.38. The Bertz CT molecular complexity index is 111. The Morgan fingerprint density at radius 2 is 2.00 bits per heavy atom. The van der Waals surface area contributed by atoms with Crippen LogP contribution in [0.4, 0.5) is 0 Å². The van der Waals surface area contributed by atoms with Gasteiger partial charge in [0.25, 0.3) is 0 Å². The minimum absolute atomic E-state index is 0.0387. The zero-order chi connectivity index (χ0) is 7.33. The van der Waals surface area contributed by atoms with Crippen molar-refractivity contribution in [1.29, 1.82) is 0 Å². The summed E-state index contributed by atoms with van der Waals surface area (Å²) in [7, 11) is 0. The number of aldehydes is 1. The van der Waals surface area contributed by atoms with Crippen molar-refractivity contribution < 1.29 is 4.79 Å². The molecule has 0 aromatic heterocycles. The molecule has 0 aliphatic heterocycles. The van der Waals surface area contributed by atoms with Crippen LogP contribution in [0.1, 0.15) is 27.2 Å². The third kappa shape index (κ3) is 7.34. The summed E-state index contributed by atoms with van der Waals surface area (Å²) in [5.74, 6) is 0. The maximum absolute atomic E-state index is 9.80. The van der Waals surface area contributed by atoms with Gasteiger partial charge in [-0.2, -0.15) is 0 Å². The Morgan fingerprint density at radius 3 is 2.33 bits per heavy atom. The molecular formula is C7H13NO. The molecule has 52 valence electrons. The molecule has 0 aliphatic rings. The van der Waals surface area contributed by atoms with Gasteiger partial charge < -0.3 is 4.79 Å². The van der Waals surface area contributed by atoms with Crippen LogP contribution in [0, 0.1) is 0 Å². The minimum atomic E-state index is -0.0387. The lowest BCUT2D eigenvalue weighted by molar-refractivity contribution is -0.106. The lowest BCUT2D eigenvalue weighted by Crippen LogP contribution is -2.09. The van der Waals surface area contributed by atoms with Crippen molar-refractivity contribution in [2.24, 2.45) is 4.99 Å². The molecule has 0 amide bonds. The van der Waals surface area contributed by atoms with Gasteiger partial charge in [-0.25, -0.2) is 0 Å². The third-order valence-corrected chi connectivity index (χ3v) is 0.680. The van der Waals surface area contributed by atoms with Gasteiger partial charge in [-0.15, -0.1) is 0 Å². The Kier molecular flexibility index (Phi) is 3.13. The predicted molar refractivity (Wildman–Crippen MR) is 38.9 cm³/mol. The molecule has 0 saturated heterocycles. The van der Waals surface area contributed by atoms with Crippen molar-refractivity contribution in [3.8, 4) is 0 Å². The second-order valence-corrected chi connectivity index (χ2v) is 2.88. The summed E-state index contributed by atoms with van der Waals surface area (Å²) in [5, 5.41) is 0. The van der Waals surface area contributed by atoms with E-state index in [9.17, 15) is 4.79 Å². The van der Waals surface area contributed by atoms with Gasteiger partial charge in [0, 0.05) is 12.6 Å². The number of carbonyl (C=O) groups excluding carboxylic acids is 1. The van der Waals surface area contributed by atoms with Crippen LogP contribution in [0.2, 0.25) is 0 Å². The molecule has 0 bridgehead atoms. The van der Waals surface area contributed by atoms with Gasteiger partial charge in [0.1, 0.15) is 6.29 Å². The summed E-state index contributed by atoms with van der Waals surface area (Å²) >= 11 is 0. The monoisotopic (exact) mass is 127 g/mol. The second-order valence-electron chi connectivity index (χ2n) is 2.88. The molecule has 0 unspecified atom stereocenters. The molecule has 0 saturated carbocycles. The summed E-state index contributed by atoms with van der Waals surface area (Å²) in [6, 6.07) is 0. The standard InChI is InChI=1S/C7H13NO/c1-7(2,3)8-5-4-6-9/h5-6H,4H2,1-3H3. The molecule has 9 heavy (non-hydrogen) atoms. The molecule has 0 rings (SSSR count). The molecule has 2 heteroatoms. The SMILES string of the molecule is CC(C)(C)N=CCC=O. The number of carbonyl (C=O) groups is 1. The van der Waals surface area contributed by atoms with Crippen LogP contribution >= 0.6 is 0 Å². The van der Waals surface area contributed by atoms with Gasteiger partial charge >= 0.3 is 0 Å². The fourth-order valence-corrected chi connectivity index (χ4v) is 0.370. The van der Waals surface area contributed by atoms with Crippen LogP contribution in [-0.2, 0) is 4.79 Å². The van der Waals surface area contributed by atoms with Crippen LogP contribution in [-0.4, -0.2) is 18.0 Å². The topological polar surface area (TPSA) is 29.4 Å². The van der Waals surface area contributed by atoms with Gasteiger partial charge in [-0.3, -0.25) is 4.99 Å². The first-order valence-corrected chi connectivity index (χ1v) is 3.03. The zero-order valence-corrected chi connectivity index (χ0v) is 6.22. The Labute approximate surface area is 56.0 Å². The Balaban J connectivity index is 3.57. The highest BCUT2D eigenvalue weighted by Gasteiger charge is 2.03. The first kappa shape index (κ1) is 8.34. The highest BCUT2D eigenvalue weighted by Crippen LogP contribution is 2.04. The van der Waals surface area contributed by atoms with Gasteiger partial charge in [0.2, 0.25) is 0 Å². The lowest BCUT2D eigenvalue weighted by atomic mass is 10.1. The average molecular weight is 127 g/mol. The molecule has 0 fully saturated rings. The molecule has 0 atom stereocenters. The number of hydrogen-bond donors (Lipinski definition) is 0. The molecule has 2 nitrogen and oxygen atoms in total. The number of nitrogens with zero attached hydrogens (tertiary/aromatic N) is 1. The molecule has 0 heterocycles. The zero-order valence-electron chi connectivity index (χ0n) is 6.22. The van der Waals surface area contributed by atoms with E-state index in [-0.39, 0.29) is 5.54 Å². The fourth-order valence-electron chi connectivity index (χ4n) is 0.370. The van der Waals surface area contributed by atoms with Crippen molar-refractivity contribution in [2.45, 2.75) is 32.7 Å². The maximum Gasteiger partial charge on any atom is 0.125 e. The molecular weight excluding hydrogens is 114 g/mol. The van der Waals surface area contributed by atoms with E-state index < -0.39 is 0 Å². The van der Waals surface area contributed by atoms with Crippen molar-refractivity contribution in [3.05, 3.63) is 0 Å². The van der Waals surface area contributed by atoms with Gasteiger partial charge in [-0.1, -0.05) is 0 Å². The average Bonchev–Trinajstić information content (AvgIpc) is 1.63. The number of aliphatic imine (C=N–C) groups is 1. The molecule has 0 spiro atoms. The van der Waals surface area contributed by atoms with Crippen LogP contribution < -0.4 is 0 Å². The van der Waals surface area contributed by atoms with Gasteiger partial charge in [-0.05, 0) is 20.8 Å². The largest absolute Gasteiger partial charge is 0.303 e. The summed E-state index contributed by atoms with van der Waals surface area (Å²) < 4.78 is 0. The predicted octanol–water partition coefficient (Wildman–Crippen LogP) is 1.44. The smallest absolute Gasteiger partial charge is 0.125 e. The number of rotatable bonds is 2. The van der Waals surface area contributed by atoms with E-state index in [1.165, 1.54) is 0 Å². The summed E-state index contributed by atoms with van der Waals surface area (Å²) in [4.78, 5) is 13.9. The van der Waals surface area contributed by atoms with Crippen LogP contribution in [0.3, 0.4) is 0 Å². The summed E-state index contributed by atoms with van der Waals surface area (Å²) in [6.07, 6.45) is 2.92. The Morgan fingerprint density at radius 1 is 1.44 bits per heavy atom. The molecule has 0 aromatic rings. The highest BCUT2D eigenvalue weighted by atomic mass is 16.1. The van der Waals surface area contributed by atoms with E-state index in [4.69, 9.17) is 0 Å². The van der Waals surface area contributed by atoms with Crippen LogP contribution in [0.5, 0.6) is 0 Å². The van der Waals surface area contributed by atoms with Crippen molar-refractivity contribution in [3.63, 3.8) is 0 Å². The summed E-state index contributed by atoms with van der Waals surface area (Å²) in [5.41, 5.74) is -0.0387. The molecule has 0 aliphatic carbocycles. The first-order chi connectivity index (χ1) is 4.06. The van der Waals surface area contributed by atoms with Crippen molar-refractivity contribution >= 4 is 12.5 Å². The van der Waals surface area contributed by atoms with E-state index in [1.54, 1.807) is 6.21 Å². The Hall–Kier alpha value is -0.660. The van der Waals surface area contributed by atoms with Crippen LogP contribution in [0.15, 0.2) is 4.99 Å². The summed E-state index contributed by atoms with van der Waals surface area (Å²) in [6.45, 7) is 5.98. The van der Waals surface area contributed by atoms with E-state index in [0.717, 1.165) is 6.29 Å². The first-order valence-electron chi connectivity index (χ1n) is 3.03. The van der Waals surface area contributed by atoms with Crippen molar-refractivity contribution in [1.82, 2.24) is 0 Å². The lowest BCUT2D eigenvalue weighted by Gasteiger charge is -2.09. The minimum Gasteiger partial charge on any atom is -0.303 e. The van der Waals surface area contributed by atoms with Crippen molar-refractivity contribution in [2.75, 3.05) is 0 Å². The van der Waals surface area contributed by atoms with Gasteiger partial charge in [0.15, 0.2) is 0 Å². The quantitative estimate of drug-likeness (QED) is 0.407. The molecule has 0 radical (unpaired) electrons. The van der Waals surface area contributed by atoms with Gasteiger partial charge in [0.05, 0.1) is 5.54 Å².